The van der Waals surface area contributed by atoms with E-state index in [1.807, 2.05) is 26.0 Å². The van der Waals surface area contributed by atoms with Crippen molar-refractivity contribution in [1.29, 1.82) is 0 Å². The zero-order valence-electron chi connectivity index (χ0n) is 19.5. The van der Waals surface area contributed by atoms with Crippen LogP contribution in [0.2, 0.25) is 0 Å². The molecule has 0 radical (unpaired) electrons. The minimum absolute atomic E-state index is 0.0777. The molecule has 4 aromatic rings. The van der Waals surface area contributed by atoms with Crippen LogP contribution in [0.4, 0.5) is 4.39 Å². The Labute approximate surface area is 211 Å². The number of halogens is 2. The lowest BCUT2D eigenvalue weighted by Gasteiger charge is -2.13. The van der Waals surface area contributed by atoms with Gasteiger partial charge in [0.2, 0.25) is 0 Å². The van der Waals surface area contributed by atoms with Gasteiger partial charge in [-0.1, -0.05) is 41.1 Å². The third kappa shape index (κ3) is 5.77. The number of nitrogens with zero attached hydrogens (tertiary/aromatic N) is 3. The van der Waals surface area contributed by atoms with Crippen molar-refractivity contribution in [3.63, 3.8) is 0 Å². The van der Waals surface area contributed by atoms with E-state index in [9.17, 15) is 9.18 Å². The number of ether oxygens (including phenoxy) is 2. The van der Waals surface area contributed by atoms with E-state index < -0.39 is 0 Å². The third-order valence-corrected chi connectivity index (χ3v) is 5.77. The zero-order chi connectivity index (χ0) is 24.8. The van der Waals surface area contributed by atoms with Gasteiger partial charge in [0.25, 0.3) is 5.56 Å². The summed E-state index contributed by atoms with van der Waals surface area (Å²) < 4.78 is 27.7. The molecule has 0 aliphatic rings. The molecule has 0 aliphatic carbocycles. The summed E-state index contributed by atoms with van der Waals surface area (Å²) in [5.74, 6) is 1.28. The minimum atomic E-state index is -0.321. The highest BCUT2D eigenvalue weighted by atomic mass is 79.9. The summed E-state index contributed by atoms with van der Waals surface area (Å²) in [5, 5.41) is 4.96. The van der Waals surface area contributed by atoms with Crippen LogP contribution in [-0.4, -0.2) is 22.5 Å². The number of aromatic nitrogens is 2. The third-order valence-electron chi connectivity index (χ3n) is 5.28. The normalized spacial score (nSPS) is 11.3. The van der Waals surface area contributed by atoms with Crippen LogP contribution in [0.1, 0.15) is 37.2 Å². The molecule has 0 atom stereocenters. The molecule has 4 rings (SSSR count). The molecular formula is C27H25BrFN3O3. The molecule has 0 amide bonds. The summed E-state index contributed by atoms with van der Waals surface area (Å²) in [6, 6.07) is 17.2. The summed E-state index contributed by atoms with van der Waals surface area (Å²) in [7, 11) is 0. The monoisotopic (exact) mass is 537 g/mol. The zero-order valence-corrected chi connectivity index (χ0v) is 21.1. The molecule has 0 unspecified atom stereocenters. The number of benzene rings is 3. The van der Waals surface area contributed by atoms with Crippen LogP contribution in [0.3, 0.4) is 0 Å². The fourth-order valence-corrected chi connectivity index (χ4v) is 3.95. The second-order valence-electron chi connectivity index (χ2n) is 7.82. The number of aryl methyl sites for hydroxylation is 1. The number of fused-ring (bicyclic) bond motifs is 1. The van der Waals surface area contributed by atoms with Crippen molar-refractivity contribution >= 4 is 33.0 Å². The Kier molecular flexibility index (Phi) is 7.92. The summed E-state index contributed by atoms with van der Waals surface area (Å²) >= 11 is 3.42. The van der Waals surface area contributed by atoms with Crippen molar-refractivity contribution in [1.82, 2.24) is 9.66 Å². The molecular weight excluding hydrogens is 513 g/mol. The highest BCUT2D eigenvalue weighted by molar-refractivity contribution is 9.10. The Bertz CT molecular complexity index is 1440. The van der Waals surface area contributed by atoms with E-state index in [4.69, 9.17) is 9.47 Å². The van der Waals surface area contributed by atoms with Crippen LogP contribution in [0.5, 0.6) is 11.5 Å². The maximum atomic E-state index is 13.9. The van der Waals surface area contributed by atoms with Crippen LogP contribution >= 0.6 is 15.9 Å². The second kappa shape index (κ2) is 11.3. The molecule has 0 bridgehead atoms. The van der Waals surface area contributed by atoms with Gasteiger partial charge in [-0.25, -0.2) is 9.37 Å². The van der Waals surface area contributed by atoms with Gasteiger partial charge in [0.05, 0.1) is 23.7 Å². The van der Waals surface area contributed by atoms with Crippen molar-refractivity contribution in [3.8, 4) is 11.5 Å². The average Bonchev–Trinajstić information content (AvgIpc) is 2.85. The minimum Gasteiger partial charge on any atom is -0.490 e. The predicted octanol–water partition coefficient (Wildman–Crippen LogP) is 6.11. The van der Waals surface area contributed by atoms with Crippen molar-refractivity contribution < 1.29 is 13.9 Å². The predicted molar refractivity (Wildman–Crippen MR) is 139 cm³/mol. The van der Waals surface area contributed by atoms with E-state index >= 15 is 0 Å². The molecule has 6 nitrogen and oxygen atoms in total. The van der Waals surface area contributed by atoms with Crippen molar-refractivity contribution in [2.75, 3.05) is 6.61 Å². The topological polar surface area (TPSA) is 65.7 Å². The smallest absolute Gasteiger partial charge is 0.282 e. The lowest BCUT2D eigenvalue weighted by molar-refractivity contribution is 0.266. The quantitative estimate of drug-likeness (QED) is 0.241. The number of hydrogen-bond donors (Lipinski definition) is 0. The molecule has 0 spiro atoms. The lowest BCUT2D eigenvalue weighted by atomic mass is 10.2. The van der Waals surface area contributed by atoms with Crippen LogP contribution < -0.4 is 15.0 Å². The highest BCUT2D eigenvalue weighted by Crippen LogP contribution is 2.29. The molecule has 0 saturated heterocycles. The van der Waals surface area contributed by atoms with Gasteiger partial charge in [-0.3, -0.25) is 4.79 Å². The van der Waals surface area contributed by atoms with Crippen molar-refractivity contribution in [3.05, 3.63) is 98.3 Å². The maximum absolute atomic E-state index is 13.9. The summed E-state index contributed by atoms with van der Waals surface area (Å²) in [5.41, 5.74) is 1.59. The standard InChI is InChI=1S/C27H25BrFN3O3/c1-3-7-26-31-23-12-11-20(28)15-21(23)27(33)32(26)30-16-18-10-13-24(25(14-18)34-4-2)35-17-19-8-5-6-9-22(19)29/h5-6,8-16H,3-4,7,17H2,1-2H3. The van der Waals surface area contributed by atoms with E-state index in [2.05, 4.69) is 26.0 Å². The molecule has 1 aromatic heterocycles. The molecule has 3 aromatic carbocycles. The van der Waals surface area contributed by atoms with Crippen LogP contribution in [0.25, 0.3) is 10.9 Å². The first-order valence-corrected chi connectivity index (χ1v) is 12.2. The van der Waals surface area contributed by atoms with Gasteiger partial charge >= 0.3 is 0 Å². The van der Waals surface area contributed by atoms with Crippen molar-refractivity contribution in [2.45, 2.75) is 33.3 Å². The largest absolute Gasteiger partial charge is 0.490 e. The van der Waals surface area contributed by atoms with Gasteiger partial charge in [0.15, 0.2) is 11.5 Å². The number of rotatable bonds is 9. The molecule has 0 aliphatic heterocycles. The first kappa shape index (κ1) is 24.6. The summed E-state index contributed by atoms with van der Waals surface area (Å²) in [4.78, 5) is 17.8. The van der Waals surface area contributed by atoms with E-state index in [-0.39, 0.29) is 18.0 Å². The van der Waals surface area contributed by atoms with E-state index in [1.165, 1.54) is 10.7 Å². The Morgan fingerprint density at radius 3 is 2.66 bits per heavy atom. The molecule has 0 saturated carbocycles. The van der Waals surface area contributed by atoms with Gasteiger partial charge in [-0.15, -0.1) is 0 Å². The molecule has 35 heavy (non-hydrogen) atoms. The average molecular weight is 538 g/mol. The van der Waals surface area contributed by atoms with Gasteiger partial charge in [0.1, 0.15) is 18.2 Å². The Hall–Kier alpha value is -3.52. The number of hydrogen-bond acceptors (Lipinski definition) is 5. The fraction of sp³-hybridized carbons (Fsp3) is 0.222. The summed E-state index contributed by atoms with van der Waals surface area (Å²) in [6.45, 7) is 4.41. The maximum Gasteiger partial charge on any atom is 0.282 e. The van der Waals surface area contributed by atoms with E-state index in [0.29, 0.717) is 46.8 Å². The van der Waals surface area contributed by atoms with E-state index in [1.54, 1.807) is 48.7 Å². The molecule has 180 valence electrons. The highest BCUT2D eigenvalue weighted by Gasteiger charge is 2.12. The molecule has 0 fully saturated rings. The molecule has 8 heteroatoms. The first-order valence-electron chi connectivity index (χ1n) is 11.4. The van der Waals surface area contributed by atoms with E-state index in [0.717, 1.165) is 16.5 Å². The Morgan fingerprint density at radius 1 is 1.06 bits per heavy atom. The lowest BCUT2D eigenvalue weighted by Crippen LogP contribution is -2.22. The molecule has 0 N–H and O–H groups in total. The Morgan fingerprint density at radius 2 is 1.89 bits per heavy atom. The van der Waals surface area contributed by atoms with Gasteiger partial charge in [-0.2, -0.15) is 9.78 Å². The molecule has 1 heterocycles. The van der Waals surface area contributed by atoms with Gasteiger partial charge in [-0.05, 0) is 61.4 Å². The van der Waals surface area contributed by atoms with Crippen LogP contribution in [0, 0.1) is 5.82 Å². The first-order chi connectivity index (χ1) is 17.0. The fourth-order valence-electron chi connectivity index (χ4n) is 3.59. The van der Waals surface area contributed by atoms with Crippen molar-refractivity contribution in [2.24, 2.45) is 5.10 Å². The van der Waals surface area contributed by atoms with Gasteiger partial charge in [0, 0.05) is 16.5 Å². The summed E-state index contributed by atoms with van der Waals surface area (Å²) in [6.07, 6.45) is 3.04. The van der Waals surface area contributed by atoms with Crippen LogP contribution in [-0.2, 0) is 13.0 Å². The SMILES string of the molecule is CCCc1nc2ccc(Br)cc2c(=O)n1N=Cc1ccc(OCc2ccccc2F)c(OCC)c1. The second-order valence-corrected chi connectivity index (χ2v) is 8.74. The van der Waals surface area contributed by atoms with Gasteiger partial charge < -0.3 is 9.47 Å². The van der Waals surface area contributed by atoms with Crippen LogP contribution in [0.15, 0.2) is 75.0 Å². The Balaban J connectivity index is 1.65.